The van der Waals surface area contributed by atoms with E-state index < -0.39 is 52.1 Å². The molecule has 2 aromatic carbocycles. The number of carbonyl (C=O) groups excluding carboxylic acids is 4. The van der Waals surface area contributed by atoms with Crippen molar-refractivity contribution in [3.05, 3.63) is 115 Å². The fourth-order valence-electron chi connectivity index (χ4n) is 13.2. The maximum absolute atomic E-state index is 13.8. The number of amides is 4. The summed E-state index contributed by atoms with van der Waals surface area (Å²) in [5, 5.41) is 19.8. The van der Waals surface area contributed by atoms with E-state index >= 15 is 0 Å². The molecule has 110 heavy (non-hydrogen) atoms. The normalized spacial score (nSPS) is 19.1. The topological polar surface area (TPSA) is 228 Å². The van der Waals surface area contributed by atoms with E-state index in [1.807, 2.05) is 73.2 Å². The lowest BCUT2D eigenvalue weighted by Gasteiger charge is -2.35. The number of carbonyl (C=O) groups is 4. The SMILES string of the molecule is CC(C)(C)OC(=O)N1CCn2ncc(I)c2C1.CC(C)(C)OC(=O)N1CCn2ncc(N3CCCC(F)(F)C3)c2C1.CC(C)(C)OC(=O)N1CCn2ncc(N3CCCC(F)(F)C3)c2C1.FC1(F)CCCNC1.Nc1ccc(F)c(Cl)c1.O=C(Cc1ccc(F)c(Cl)c1)N1CCn2ncc(N3CCCC(F)(F)C3)c2C1. The summed E-state index contributed by atoms with van der Waals surface area (Å²) in [5.41, 5.74) is 10.3. The van der Waals surface area contributed by atoms with Gasteiger partial charge in [0.1, 0.15) is 28.4 Å². The minimum Gasteiger partial charge on any atom is -0.444 e. The number of piperidine rings is 4. The highest BCUT2D eigenvalue weighted by Gasteiger charge is 2.42. The Morgan fingerprint density at radius 3 is 1.15 bits per heavy atom. The first kappa shape index (κ1) is 86.3. The Morgan fingerprint density at radius 2 is 0.818 bits per heavy atom. The van der Waals surface area contributed by atoms with Gasteiger partial charge in [-0.1, -0.05) is 29.3 Å². The van der Waals surface area contributed by atoms with Gasteiger partial charge in [0.25, 0.3) is 23.7 Å². The average Bonchev–Trinajstić information content (AvgIpc) is 1.62. The fraction of sp³-hybridized carbons (Fsp3) is 0.616. The number of rotatable bonds is 5. The largest absolute Gasteiger partial charge is 0.444 e. The second-order valence-corrected chi connectivity index (χ2v) is 33.1. The summed E-state index contributed by atoms with van der Waals surface area (Å²) in [6.45, 7) is 24.0. The van der Waals surface area contributed by atoms with Gasteiger partial charge in [0.15, 0.2) is 0 Å². The first-order valence-corrected chi connectivity index (χ1v) is 38.4. The third-order valence-corrected chi connectivity index (χ3v) is 19.9. The Morgan fingerprint density at radius 1 is 0.473 bits per heavy atom. The van der Waals surface area contributed by atoms with E-state index in [1.54, 1.807) is 66.9 Å². The number of nitrogen functional groups attached to an aromatic ring is 1. The van der Waals surface area contributed by atoms with E-state index in [4.69, 9.17) is 43.1 Å². The first-order chi connectivity index (χ1) is 51.4. The smallest absolute Gasteiger partial charge is 0.410 e. The number of aromatic nitrogens is 8. The van der Waals surface area contributed by atoms with Gasteiger partial charge in [-0.3, -0.25) is 23.5 Å². The molecule has 6 aromatic rings. The van der Waals surface area contributed by atoms with E-state index in [0.717, 1.165) is 39.4 Å². The summed E-state index contributed by atoms with van der Waals surface area (Å²) in [5.74, 6) is -11.6. The second-order valence-electron chi connectivity index (χ2n) is 31.2. The molecule has 4 fully saturated rings. The molecule has 4 amide bonds. The van der Waals surface area contributed by atoms with Crippen LogP contribution in [0.5, 0.6) is 0 Å². The fourth-order valence-corrected chi connectivity index (χ4v) is 14.1. The molecule has 37 heteroatoms. The van der Waals surface area contributed by atoms with Crippen molar-refractivity contribution in [2.45, 2.75) is 213 Å². The number of nitrogens with one attached hydrogen (secondary N) is 1. The van der Waals surface area contributed by atoms with Gasteiger partial charge >= 0.3 is 18.3 Å². The van der Waals surface area contributed by atoms with Gasteiger partial charge in [-0.15, -0.1) is 0 Å². The van der Waals surface area contributed by atoms with Crippen LogP contribution in [0.4, 0.5) is 81.0 Å². The number of hydrogen-bond acceptors (Lipinski definition) is 16. The summed E-state index contributed by atoms with van der Waals surface area (Å²) in [6, 6.07) is 8.29. The number of hydrogen-bond donors (Lipinski definition) is 2. The average molecular weight is 1710 g/mol. The number of anilines is 4. The molecule has 0 bridgehead atoms. The minimum atomic E-state index is -2.71. The van der Waals surface area contributed by atoms with Crippen LogP contribution in [-0.4, -0.2) is 202 Å². The Bertz CT molecular complexity index is 4030. The highest BCUT2D eigenvalue weighted by molar-refractivity contribution is 14.1. The maximum Gasteiger partial charge on any atom is 0.410 e. The molecule has 12 heterocycles. The molecule has 3 N–H and O–H groups in total. The monoisotopic (exact) mass is 1710 g/mol. The molecule has 0 atom stereocenters. The number of benzene rings is 2. The molecular weight excluding hydrogens is 1610 g/mol. The highest BCUT2D eigenvalue weighted by Crippen LogP contribution is 2.38. The van der Waals surface area contributed by atoms with Crippen molar-refractivity contribution in [3.8, 4) is 0 Å². The number of fused-ring (bicyclic) bond motifs is 4. The van der Waals surface area contributed by atoms with Crippen molar-refractivity contribution in [1.29, 1.82) is 0 Å². The van der Waals surface area contributed by atoms with Crippen LogP contribution in [-0.2, 0) is 77.8 Å². The Labute approximate surface area is 657 Å². The van der Waals surface area contributed by atoms with Crippen LogP contribution in [0.1, 0.15) is 142 Å². The van der Waals surface area contributed by atoms with Crippen LogP contribution in [0, 0.1) is 15.2 Å². The van der Waals surface area contributed by atoms with Gasteiger partial charge < -0.3 is 59.6 Å². The quantitative estimate of drug-likeness (QED) is 0.0708. The third kappa shape index (κ3) is 24.9. The highest BCUT2D eigenvalue weighted by atomic mass is 127. The Balaban J connectivity index is 0.000000159. The van der Waals surface area contributed by atoms with Crippen molar-refractivity contribution in [3.63, 3.8) is 0 Å². The van der Waals surface area contributed by atoms with Crippen LogP contribution < -0.4 is 25.8 Å². The van der Waals surface area contributed by atoms with E-state index in [9.17, 15) is 63.1 Å². The molecule has 0 radical (unpaired) electrons. The minimum absolute atomic E-state index is 0.0182. The molecule has 8 aliphatic rings. The summed E-state index contributed by atoms with van der Waals surface area (Å²) in [7, 11) is 0. The molecule has 0 aliphatic carbocycles. The van der Waals surface area contributed by atoms with Crippen molar-refractivity contribution in [1.82, 2.24) is 64.0 Å². The van der Waals surface area contributed by atoms with Gasteiger partial charge in [-0.25, -0.2) is 58.3 Å². The molecule has 0 unspecified atom stereocenters. The predicted molar refractivity (Wildman–Crippen MR) is 404 cm³/mol. The maximum atomic E-state index is 13.8. The first-order valence-electron chi connectivity index (χ1n) is 36.6. The van der Waals surface area contributed by atoms with Crippen LogP contribution in [0.15, 0.2) is 61.2 Å². The molecule has 8 aliphatic heterocycles. The standard InChI is InChI=1S/C19H20ClF3N4O.2C16H24F2N4O2.C11H16IN3O2.C6H5ClFN.C5H9F2N/c20-14-8-13(2-3-15(14)21)9-18(28)25-6-7-27-17(11-25)16(10-24-27)26-5-1-4-19(22,23)12-26;2*1-15(2,3)24-14(23)20-7-8-22-13(10-20)12(9-19-22)21-6-4-5-16(17,18)11-21;1-11(2,3)17-10(16)14-4-5-15-9(7-14)8(12)6-13-15;7-5-3-4(9)1-2-6(5)8;6-5(7)2-1-3-8-4-5/h2-3,8,10H,1,4-7,9,11-12H2;2*9H,4-8,10-11H2,1-3H3;6H,4-5,7H2,1-3H3;1-3H,9H2;8H,1-4H2. The molecular formula is C73H98Cl2F10IN17O7. The molecule has 14 rings (SSSR count). The van der Waals surface area contributed by atoms with Gasteiger partial charge in [0.2, 0.25) is 5.91 Å². The molecule has 4 saturated heterocycles. The summed E-state index contributed by atoms with van der Waals surface area (Å²) in [6.07, 6.45) is 7.54. The number of ether oxygens (including phenoxy) is 3. The van der Waals surface area contributed by atoms with Crippen molar-refractivity contribution in [2.75, 3.05) is 99.0 Å². The molecule has 608 valence electrons. The summed E-state index contributed by atoms with van der Waals surface area (Å²) in [4.78, 5) is 60.8. The zero-order valence-corrected chi connectivity index (χ0v) is 67.0. The van der Waals surface area contributed by atoms with E-state index in [1.165, 1.54) is 36.4 Å². The molecule has 0 saturated carbocycles. The van der Waals surface area contributed by atoms with Gasteiger partial charge in [-0.05, 0) is 153 Å². The van der Waals surface area contributed by atoms with Crippen LogP contribution >= 0.6 is 45.8 Å². The van der Waals surface area contributed by atoms with Gasteiger partial charge in [0.05, 0.1) is 163 Å². The van der Waals surface area contributed by atoms with E-state index in [0.29, 0.717) is 146 Å². The zero-order valence-electron chi connectivity index (χ0n) is 63.3. The molecule has 4 aromatic heterocycles. The van der Waals surface area contributed by atoms with E-state index in [2.05, 4.69) is 48.3 Å². The van der Waals surface area contributed by atoms with Crippen LogP contribution in [0.3, 0.4) is 0 Å². The van der Waals surface area contributed by atoms with Crippen LogP contribution in [0.2, 0.25) is 10.0 Å². The van der Waals surface area contributed by atoms with E-state index in [-0.39, 0.29) is 92.5 Å². The van der Waals surface area contributed by atoms with Crippen molar-refractivity contribution in [2.24, 2.45) is 0 Å². The zero-order chi connectivity index (χ0) is 80.5. The Hall–Kier alpha value is -7.67. The summed E-state index contributed by atoms with van der Waals surface area (Å²) >= 11 is 13.4. The van der Waals surface area contributed by atoms with Crippen molar-refractivity contribution >= 4 is 92.7 Å². The number of nitrogens with zero attached hydrogens (tertiary/aromatic N) is 15. The van der Waals surface area contributed by atoms with Gasteiger partial charge in [-0.2, -0.15) is 20.4 Å². The third-order valence-electron chi connectivity index (χ3n) is 18.4. The summed E-state index contributed by atoms with van der Waals surface area (Å²) < 4.78 is 157. The number of nitrogens with two attached hydrogens (primary N) is 1. The second kappa shape index (κ2) is 36.0. The lowest BCUT2D eigenvalue weighted by molar-refractivity contribution is -0.132. The predicted octanol–water partition coefficient (Wildman–Crippen LogP) is 14.5. The lowest BCUT2D eigenvalue weighted by Crippen LogP contribution is -2.44. The number of halogens is 13. The lowest BCUT2D eigenvalue weighted by atomic mass is 10.1. The molecule has 24 nitrogen and oxygen atoms in total. The molecule has 0 spiro atoms. The number of alkyl halides is 8. The van der Waals surface area contributed by atoms with Gasteiger partial charge in [0, 0.05) is 77.2 Å². The van der Waals surface area contributed by atoms with Crippen LogP contribution in [0.25, 0.3) is 0 Å². The Kier molecular flexibility index (Phi) is 28.2. The van der Waals surface area contributed by atoms with Crippen molar-refractivity contribution < 1.29 is 77.3 Å².